The molecule has 0 radical (unpaired) electrons. The van der Waals surface area contributed by atoms with Crippen LogP contribution in [-0.2, 0) is 16.6 Å². The second-order valence-electron chi connectivity index (χ2n) is 2.66. The van der Waals surface area contributed by atoms with Gasteiger partial charge in [0.2, 0.25) is 10.0 Å². The maximum Gasteiger partial charge on any atom is 0.211 e. The maximum atomic E-state index is 11.3. The molecule has 0 saturated heterocycles. The molecule has 0 amide bonds. The highest BCUT2D eigenvalue weighted by molar-refractivity contribution is 7.89. The van der Waals surface area contributed by atoms with Gasteiger partial charge in [-0.2, -0.15) is 0 Å². The van der Waals surface area contributed by atoms with E-state index in [4.69, 9.17) is 11.6 Å². The lowest BCUT2D eigenvalue weighted by molar-refractivity contribution is 0.579. The van der Waals surface area contributed by atoms with Gasteiger partial charge in [-0.3, -0.25) is 0 Å². The molecule has 0 spiro atoms. The zero-order chi connectivity index (χ0) is 10.4. The molecule has 1 aromatic rings. The molecule has 80 valence electrons. The summed E-state index contributed by atoms with van der Waals surface area (Å²) in [7, 11) is -3.19. The van der Waals surface area contributed by atoms with Crippen LogP contribution in [0.15, 0.2) is 10.9 Å². The molecule has 0 aliphatic carbocycles. The highest BCUT2D eigenvalue weighted by atomic mass is 35.5. The van der Waals surface area contributed by atoms with Crippen molar-refractivity contribution >= 4 is 33.0 Å². The van der Waals surface area contributed by atoms with E-state index in [0.717, 1.165) is 5.69 Å². The first kappa shape index (κ1) is 11.9. The number of sulfonamides is 1. The number of nitrogens with one attached hydrogen (secondary N) is 1. The Morgan fingerprint density at radius 3 is 2.93 bits per heavy atom. The number of halogens is 1. The molecule has 0 aliphatic heterocycles. The van der Waals surface area contributed by atoms with Crippen LogP contribution < -0.4 is 4.72 Å². The van der Waals surface area contributed by atoms with E-state index in [1.54, 1.807) is 5.51 Å². The van der Waals surface area contributed by atoms with Crippen LogP contribution >= 0.6 is 22.9 Å². The molecule has 1 heterocycles. The molecule has 7 heteroatoms. The van der Waals surface area contributed by atoms with E-state index in [-0.39, 0.29) is 12.3 Å². The first-order valence-electron chi connectivity index (χ1n) is 4.04. The highest BCUT2D eigenvalue weighted by Crippen LogP contribution is 2.01. The smallest absolute Gasteiger partial charge is 0.211 e. The summed E-state index contributed by atoms with van der Waals surface area (Å²) in [6.45, 7) is 0.258. The van der Waals surface area contributed by atoms with E-state index >= 15 is 0 Å². The minimum absolute atomic E-state index is 0.0701. The zero-order valence-electron chi connectivity index (χ0n) is 7.44. The first-order valence-corrected chi connectivity index (χ1v) is 7.17. The van der Waals surface area contributed by atoms with Crippen molar-refractivity contribution < 1.29 is 8.42 Å². The van der Waals surface area contributed by atoms with E-state index in [1.807, 2.05) is 5.38 Å². The summed E-state index contributed by atoms with van der Waals surface area (Å²) < 4.78 is 25.0. The topological polar surface area (TPSA) is 59.1 Å². The fraction of sp³-hybridized carbons (Fsp3) is 0.571. The average Bonchev–Trinajstić information content (AvgIpc) is 2.64. The van der Waals surface area contributed by atoms with Crippen molar-refractivity contribution in [3.63, 3.8) is 0 Å². The third-order valence-electron chi connectivity index (χ3n) is 1.50. The molecule has 1 N–H and O–H groups in total. The summed E-state index contributed by atoms with van der Waals surface area (Å²) >= 11 is 6.85. The van der Waals surface area contributed by atoms with Crippen molar-refractivity contribution in [3.8, 4) is 0 Å². The Kier molecular flexibility index (Phi) is 4.80. The number of alkyl halides is 1. The van der Waals surface area contributed by atoms with Crippen LogP contribution in [-0.4, -0.2) is 25.0 Å². The van der Waals surface area contributed by atoms with E-state index < -0.39 is 10.0 Å². The molecule has 14 heavy (non-hydrogen) atoms. The van der Waals surface area contributed by atoms with Crippen LogP contribution in [0.25, 0.3) is 0 Å². The van der Waals surface area contributed by atoms with Gasteiger partial charge >= 0.3 is 0 Å². The van der Waals surface area contributed by atoms with Crippen molar-refractivity contribution in [2.45, 2.75) is 13.0 Å². The monoisotopic (exact) mass is 254 g/mol. The summed E-state index contributed by atoms with van der Waals surface area (Å²) in [6.07, 6.45) is 0.466. The van der Waals surface area contributed by atoms with Gasteiger partial charge < -0.3 is 0 Å². The van der Waals surface area contributed by atoms with Gasteiger partial charge in [-0.15, -0.1) is 22.9 Å². The largest absolute Gasteiger partial charge is 0.248 e. The normalized spacial score (nSPS) is 11.8. The lowest BCUT2D eigenvalue weighted by Crippen LogP contribution is -2.26. The van der Waals surface area contributed by atoms with Gasteiger partial charge in [0, 0.05) is 11.3 Å². The molecule has 0 bridgehead atoms. The lowest BCUT2D eigenvalue weighted by Gasteiger charge is -2.03. The molecule has 0 aromatic carbocycles. The predicted molar refractivity (Wildman–Crippen MR) is 58.1 cm³/mol. The van der Waals surface area contributed by atoms with E-state index in [1.165, 1.54) is 11.3 Å². The number of nitrogens with zero attached hydrogens (tertiary/aromatic N) is 1. The van der Waals surface area contributed by atoms with Gasteiger partial charge in [0.15, 0.2) is 0 Å². The summed E-state index contributed by atoms with van der Waals surface area (Å²) in [5.41, 5.74) is 2.41. The molecule has 0 unspecified atom stereocenters. The van der Waals surface area contributed by atoms with Gasteiger partial charge in [0.25, 0.3) is 0 Å². The Morgan fingerprint density at radius 1 is 1.57 bits per heavy atom. The summed E-state index contributed by atoms with van der Waals surface area (Å²) in [5, 5.41) is 1.81. The Labute approximate surface area is 92.4 Å². The zero-order valence-corrected chi connectivity index (χ0v) is 9.83. The number of aromatic nitrogens is 1. The lowest BCUT2D eigenvalue weighted by atomic mass is 10.5. The third kappa shape index (κ3) is 4.36. The van der Waals surface area contributed by atoms with Crippen molar-refractivity contribution in [2.75, 3.05) is 11.6 Å². The molecule has 0 fully saturated rings. The number of hydrogen-bond acceptors (Lipinski definition) is 4. The molecule has 4 nitrogen and oxygen atoms in total. The highest BCUT2D eigenvalue weighted by Gasteiger charge is 2.09. The molecule has 1 aromatic heterocycles. The quantitative estimate of drug-likeness (QED) is 0.776. The van der Waals surface area contributed by atoms with Gasteiger partial charge in [0.1, 0.15) is 0 Å². The van der Waals surface area contributed by atoms with Crippen molar-refractivity contribution in [1.29, 1.82) is 0 Å². The summed E-state index contributed by atoms with van der Waals surface area (Å²) in [5.74, 6) is 0.429. The van der Waals surface area contributed by atoms with E-state index in [9.17, 15) is 8.42 Å². The summed E-state index contributed by atoms with van der Waals surface area (Å²) in [4.78, 5) is 3.97. The van der Waals surface area contributed by atoms with Gasteiger partial charge in [-0.1, -0.05) is 0 Å². The second-order valence-corrected chi connectivity index (χ2v) is 5.69. The summed E-state index contributed by atoms with van der Waals surface area (Å²) in [6, 6.07) is 0. The second kappa shape index (κ2) is 5.65. The number of thiazole rings is 1. The average molecular weight is 255 g/mol. The molecular weight excluding hydrogens is 244 g/mol. The van der Waals surface area contributed by atoms with Crippen LogP contribution in [0.4, 0.5) is 0 Å². The van der Waals surface area contributed by atoms with Crippen molar-refractivity contribution in [1.82, 2.24) is 9.71 Å². The van der Waals surface area contributed by atoms with E-state index in [0.29, 0.717) is 12.3 Å². The Bertz CT molecular complexity index is 350. The molecule has 0 saturated carbocycles. The van der Waals surface area contributed by atoms with Crippen LogP contribution in [0.3, 0.4) is 0 Å². The van der Waals surface area contributed by atoms with Crippen LogP contribution in [0.1, 0.15) is 12.1 Å². The Balaban J connectivity index is 2.37. The first-order chi connectivity index (χ1) is 6.64. The Morgan fingerprint density at radius 2 is 2.36 bits per heavy atom. The van der Waals surface area contributed by atoms with Crippen LogP contribution in [0.5, 0.6) is 0 Å². The number of rotatable bonds is 6. The van der Waals surface area contributed by atoms with Crippen LogP contribution in [0.2, 0.25) is 0 Å². The van der Waals surface area contributed by atoms with Crippen molar-refractivity contribution in [2.24, 2.45) is 0 Å². The Hall–Kier alpha value is -0.170. The van der Waals surface area contributed by atoms with Crippen LogP contribution in [0, 0.1) is 0 Å². The molecule has 0 aliphatic rings. The minimum atomic E-state index is -3.19. The molecule has 1 rings (SSSR count). The van der Waals surface area contributed by atoms with Gasteiger partial charge in [0.05, 0.1) is 23.5 Å². The SMILES string of the molecule is O=S(=O)(CCCCl)NCc1cscn1. The molecule has 0 atom stereocenters. The fourth-order valence-electron chi connectivity index (χ4n) is 0.825. The van der Waals surface area contributed by atoms with Gasteiger partial charge in [-0.05, 0) is 6.42 Å². The number of hydrogen-bond donors (Lipinski definition) is 1. The van der Waals surface area contributed by atoms with E-state index in [2.05, 4.69) is 9.71 Å². The minimum Gasteiger partial charge on any atom is -0.248 e. The maximum absolute atomic E-state index is 11.3. The fourth-order valence-corrected chi connectivity index (χ4v) is 2.71. The molecular formula is C7H11ClN2O2S2. The third-order valence-corrected chi connectivity index (χ3v) is 3.82. The van der Waals surface area contributed by atoms with Gasteiger partial charge in [-0.25, -0.2) is 18.1 Å². The predicted octanol–water partition coefficient (Wildman–Crippen LogP) is 1.19. The van der Waals surface area contributed by atoms with Crippen molar-refractivity contribution in [3.05, 3.63) is 16.6 Å². The standard InChI is InChI=1S/C7H11ClN2O2S2/c8-2-1-3-14(11,12)10-4-7-5-13-6-9-7/h5-6,10H,1-4H2.